The van der Waals surface area contributed by atoms with Crippen LogP contribution < -0.4 is 4.74 Å². The molecular formula is C18H15Cl2N3O3. The molecule has 1 heterocycles. The molecule has 6 nitrogen and oxygen atoms in total. The SMILES string of the molecule is CCOC(=O)c1n[nH]nc1-c1cc(Cl)ccc1OCc1ccccc1Cl. The average Bonchev–Trinajstić information content (AvgIpc) is 3.12. The summed E-state index contributed by atoms with van der Waals surface area (Å²) in [5, 5.41) is 11.5. The Morgan fingerprint density at radius 1 is 1.15 bits per heavy atom. The zero-order valence-corrected chi connectivity index (χ0v) is 15.3. The topological polar surface area (TPSA) is 77.1 Å². The largest absolute Gasteiger partial charge is 0.488 e. The first kappa shape index (κ1) is 18.2. The molecule has 0 unspecified atom stereocenters. The molecule has 0 saturated heterocycles. The summed E-state index contributed by atoms with van der Waals surface area (Å²) in [6.45, 7) is 2.20. The molecule has 0 bridgehead atoms. The van der Waals surface area contributed by atoms with E-state index in [1.165, 1.54) is 0 Å². The minimum Gasteiger partial charge on any atom is -0.488 e. The number of aromatic amines is 1. The van der Waals surface area contributed by atoms with Crippen LogP contribution in [0.2, 0.25) is 10.0 Å². The Morgan fingerprint density at radius 3 is 2.73 bits per heavy atom. The predicted molar refractivity (Wildman–Crippen MR) is 98.6 cm³/mol. The number of esters is 1. The molecule has 1 aromatic heterocycles. The number of H-pyrrole nitrogens is 1. The molecule has 0 amide bonds. The quantitative estimate of drug-likeness (QED) is 0.624. The molecule has 3 aromatic rings. The van der Waals surface area contributed by atoms with Crippen LogP contribution in [-0.2, 0) is 11.3 Å². The van der Waals surface area contributed by atoms with Crippen LogP contribution in [-0.4, -0.2) is 28.0 Å². The first-order valence-corrected chi connectivity index (χ1v) is 8.59. The molecule has 0 aliphatic carbocycles. The number of rotatable bonds is 6. The van der Waals surface area contributed by atoms with Crippen LogP contribution in [0.5, 0.6) is 5.75 Å². The number of halogens is 2. The fourth-order valence-electron chi connectivity index (χ4n) is 2.34. The van der Waals surface area contributed by atoms with E-state index in [0.29, 0.717) is 27.1 Å². The molecule has 2 aromatic carbocycles. The van der Waals surface area contributed by atoms with Crippen LogP contribution in [0.1, 0.15) is 23.0 Å². The highest BCUT2D eigenvalue weighted by molar-refractivity contribution is 6.31. The third-order valence-corrected chi connectivity index (χ3v) is 4.16. The molecule has 1 N–H and O–H groups in total. The summed E-state index contributed by atoms with van der Waals surface area (Å²) in [6.07, 6.45) is 0. The van der Waals surface area contributed by atoms with Crippen molar-refractivity contribution in [3.8, 4) is 17.0 Å². The highest BCUT2D eigenvalue weighted by Crippen LogP contribution is 2.34. The normalized spacial score (nSPS) is 10.6. The Kier molecular flexibility index (Phi) is 5.75. The van der Waals surface area contributed by atoms with Crippen LogP contribution in [0.4, 0.5) is 0 Å². The molecule has 134 valence electrons. The van der Waals surface area contributed by atoms with E-state index >= 15 is 0 Å². The van der Waals surface area contributed by atoms with Gasteiger partial charge in [0.2, 0.25) is 0 Å². The van der Waals surface area contributed by atoms with E-state index < -0.39 is 5.97 Å². The van der Waals surface area contributed by atoms with Crippen LogP contribution >= 0.6 is 23.2 Å². The fourth-order valence-corrected chi connectivity index (χ4v) is 2.71. The number of nitrogens with one attached hydrogen (secondary N) is 1. The van der Waals surface area contributed by atoms with Crippen molar-refractivity contribution in [2.24, 2.45) is 0 Å². The maximum absolute atomic E-state index is 12.1. The van der Waals surface area contributed by atoms with Gasteiger partial charge in [0.25, 0.3) is 0 Å². The number of aromatic nitrogens is 3. The van der Waals surface area contributed by atoms with E-state index in [-0.39, 0.29) is 18.9 Å². The fraction of sp³-hybridized carbons (Fsp3) is 0.167. The maximum Gasteiger partial charge on any atom is 0.361 e. The molecule has 26 heavy (non-hydrogen) atoms. The predicted octanol–water partition coefficient (Wildman–Crippen LogP) is 4.53. The van der Waals surface area contributed by atoms with Crippen molar-refractivity contribution >= 4 is 29.2 Å². The van der Waals surface area contributed by atoms with Crippen molar-refractivity contribution in [3.63, 3.8) is 0 Å². The van der Waals surface area contributed by atoms with Crippen molar-refractivity contribution in [3.05, 3.63) is 63.8 Å². The second-order valence-corrected chi connectivity index (χ2v) is 6.11. The van der Waals surface area contributed by atoms with E-state index in [1.54, 1.807) is 31.2 Å². The molecule has 3 rings (SSSR count). The molecule has 0 spiro atoms. The minimum atomic E-state index is -0.576. The average molecular weight is 392 g/mol. The van der Waals surface area contributed by atoms with Gasteiger partial charge in [-0.05, 0) is 31.2 Å². The number of carbonyl (C=O) groups excluding carboxylic acids is 1. The van der Waals surface area contributed by atoms with Crippen molar-refractivity contribution in [1.29, 1.82) is 0 Å². The van der Waals surface area contributed by atoms with Gasteiger partial charge in [0.05, 0.1) is 6.61 Å². The summed E-state index contributed by atoms with van der Waals surface area (Å²) < 4.78 is 10.9. The lowest BCUT2D eigenvalue weighted by Crippen LogP contribution is -2.07. The number of nitrogens with zero attached hydrogens (tertiary/aromatic N) is 2. The first-order chi connectivity index (χ1) is 12.6. The minimum absolute atomic E-state index is 0.0664. The zero-order chi connectivity index (χ0) is 18.5. The van der Waals surface area contributed by atoms with Crippen LogP contribution in [0.15, 0.2) is 42.5 Å². The summed E-state index contributed by atoms with van der Waals surface area (Å²) in [7, 11) is 0. The second-order valence-electron chi connectivity index (χ2n) is 5.26. The lowest BCUT2D eigenvalue weighted by Gasteiger charge is -2.12. The van der Waals surface area contributed by atoms with Gasteiger partial charge < -0.3 is 9.47 Å². The molecular weight excluding hydrogens is 377 g/mol. The Balaban J connectivity index is 1.94. The van der Waals surface area contributed by atoms with Crippen molar-refractivity contribution in [1.82, 2.24) is 15.4 Å². The third-order valence-electron chi connectivity index (χ3n) is 3.55. The second kappa shape index (κ2) is 8.21. The van der Waals surface area contributed by atoms with E-state index in [9.17, 15) is 4.79 Å². The van der Waals surface area contributed by atoms with Gasteiger partial charge in [0, 0.05) is 21.2 Å². The van der Waals surface area contributed by atoms with E-state index in [1.807, 2.05) is 18.2 Å². The van der Waals surface area contributed by atoms with Gasteiger partial charge >= 0.3 is 5.97 Å². The molecule has 0 aliphatic rings. The van der Waals surface area contributed by atoms with Gasteiger partial charge in [-0.25, -0.2) is 4.79 Å². The Hall–Kier alpha value is -2.57. The summed E-state index contributed by atoms with van der Waals surface area (Å²) in [6, 6.07) is 12.4. The highest BCUT2D eigenvalue weighted by atomic mass is 35.5. The molecule has 0 radical (unpaired) electrons. The van der Waals surface area contributed by atoms with Crippen molar-refractivity contribution in [2.75, 3.05) is 6.61 Å². The molecule has 0 aliphatic heterocycles. The summed E-state index contributed by atoms with van der Waals surface area (Å²) in [4.78, 5) is 12.1. The van der Waals surface area contributed by atoms with E-state index in [4.69, 9.17) is 32.7 Å². The summed E-state index contributed by atoms with van der Waals surface area (Å²) in [5.74, 6) is -0.0814. The van der Waals surface area contributed by atoms with Gasteiger partial charge in [-0.1, -0.05) is 41.4 Å². The Labute approximate surface area is 160 Å². The van der Waals surface area contributed by atoms with Gasteiger partial charge in [0.15, 0.2) is 5.69 Å². The molecule has 8 heteroatoms. The smallest absolute Gasteiger partial charge is 0.361 e. The third kappa shape index (κ3) is 3.98. The lowest BCUT2D eigenvalue weighted by atomic mass is 10.1. The van der Waals surface area contributed by atoms with Gasteiger partial charge in [-0.2, -0.15) is 10.3 Å². The molecule has 0 fully saturated rings. The van der Waals surface area contributed by atoms with Gasteiger partial charge in [-0.3, -0.25) is 0 Å². The van der Waals surface area contributed by atoms with E-state index in [2.05, 4.69) is 15.4 Å². The number of ether oxygens (including phenoxy) is 2. The Morgan fingerprint density at radius 2 is 1.96 bits per heavy atom. The summed E-state index contributed by atoms with van der Waals surface area (Å²) in [5.41, 5.74) is 1.74. The summed E-state index contributed by atoms with van der Waals surface area (Å²) >= 11 is 12.3. The number of hydrogen-bond donors (Lipinski definition) is 1. The van der Waals surface area contributed by atoms with Crippen molar-refractivity contribution < 1.29 is 14.3 Å². The van der Waals surface area contributed by atoms with E-state index in [0.717, 1.165) is 5.56 Å². The lowest BCUT2D eigenvalue weighted by molar-refractivity contribution is 0.0520. The van der Waals surface area contributed by atoms with Crippen LogP contribution in [0.25, 0.3) is 11.3 Å². The highest BCUT2D eigenvalue weighted by Gasteiger charge is 2.22. The van der Waals surface area contributed by atoms with Crippen LogP contribution in [0, 0.1) is 0 Å². The molecule has 0 saturated carbocycles. The maximum atomic E-state index is 12.1. The van der Waals surface area contributed by atoms with Gasteiger partial charge in [0.1, 0.15) is 18.1 Å². The Bertz CT molecular complexity index is 928. The first-order valence-electron chi connectivity index (χ1n) is 7.84. The number of hydrogen-bond acceptors (Lipinski definition) is 5. The monoisotopic (exact) mass is 391 g/mol. The number of carbonyl (C=O) groups is 1. The van der Waals surface area contributed by atoms with Gasteiger partial charge in [-0.15, -0.1) is 5.10 Å². The van der Waals surface area contributed by atoms with Crippen LogP contribution in [0.3, 0.4) is 0 Å². The zero-order valence-electron chi connectivity index (χ0n) is 13.8. The van der Waals surface area contributed by atoms with Crippen molar-refractivity contribution in [2.45, 2.75) is 13.5 Å². The number of benzene rings is 2. The molecule has 0 atom stereocenters. The standard InChI is InChI=1S/C18H15Cl2N3O3/c1-2-25-18(24)17-16(21-23-22-17)13-9-12(19)7-8-15(13)26-10-11-5-3-4-6-14(11)20/h3-9H,2,10H2,1H3,(H,21,22,23).